The second kappa shape index (κ2) is 5.93. The molecule has 1 atom stereocenters. The van der Waals surface area contributed by atoms with E-state index in [1.807, 2.05) is 25.5 Å². The van der Waals surface area contributed by atoms with E-state index in [0.717, 1.165) is 37.8 Å². The summed E-state index contributed by atoms with van der Waals surface area (Å²) in [5.41, 5.74) is 0. The minimum absolute atomic E-state index is 0.600. The van der Waals surface area contributed by atoms with Crippen LogP contribution in [0.3, 0.4) is 0 Å². The van der Waals surface area contributed by atoms with Gasteiger partial charge in [-0.15, -0.1) is 0 Å². The molecule has 0 radical (unpaired) electrons. The smallest absolute Gasteiger partial charge is 0.240 e. The Kier molecular flexibility index (Phi) is 4.01. The summed E-state index contributed by atoms with van der Waals surface area (Å²) in [6.07, 6.45) is 2.43. The van der Waals surface area contributed by atoms with Gasteiger partial charge in [0.15, 0.2) is 5.82 Å². The number of rotatable bonds is 4. The Labute approximate surface area is 124 Å². The van der Waals surface area contributed by atoms with Gasteiger partial charge in [0.25, 0.3) is 0 Å². The molecule has 7 nitrogen and oxygen atoms in total. The monoisotopic (exact) mass is 290 g/mol. The summed E-state index contributed by atoms with van der Waals surface area (Å²) in [5, 5.41) is 8.31. The maximum Gasteiger partial charge on any atom is 0.240 e. The zero-order valence-corrected chi connectivity index (χ0v) is 12.9. The molecule has 3 rings (SSSR count). The fourth-order valence-electron chi connectivity index (χ4n) is 3.02. The number of hydrogen-bond donors (Lipinski definition) is 0. The first-order valence-electron chi connectivity index (χ1n) is 7.50. The van der Waals surface area contributed by atoms with Crippen LogP contribution in [0, 0.1) is 26.7 Å². The molecule has 2 aromatic heterocycles. The van der Waals surface area contributed by atoms with E-state index in [-0.39, 0.29) is 0 Å². The Bertz CT molecular complexity index is 604. The summed E-state index contributed by atoms with van der Waals surface area (Å²) in [5.74, 6) is 3.86. The van der Waals surface area contributed by atoms with Crippen LogP contribution in [-0.2, 0) is 13.1 Å². The Morgan fingerprint density at radius 1 is 1.19 bits per heavy atom. The largest absolute Gasteiger partial charge is 0.338 e. The molecule has 0 amide bonds. The topological polar surface area (TPSA) is 72.9 Å². The van der Waals surface area contributed by atoms with Crippen LogP contribution in [-0.4, -0.2) is 42.9 Å². The number of hydrogen-bond acceptors (Lipinski definition) is 6. The Balaban J connectivity index is 1.59. The van der Waals surface area contributed by atoms with E-state index in [4.69, 9.17) is 4.52 Å². The second-order valence-electron chi connectivity index (χ2n) is 5.87. The molecule has 1 aliphatic heterocycles. The van der Waals surface area contributed by atoms with E-state index in [9.17, 15) is 0 Å². The molecule has 0 spiro atoms. The third-order valence-corrected chi connectivity index (χ3v) is 3.93. The molecule has 21 heavy (non-hydrogen) atoms. The van der Waals surface area contributed by atoms with Crippen LogP contribution < -0.4 is 0 Å². The number of aromatic nitrogens is 5. The standard InChI is InChI=1S/C14H22N6O/c1-10-15-12(3)20(17-10)8-13-5-4-6-19(7-13)9-14-16-11(2)18-21-14/h13H,4-9H2,1-3H3/t13-/m1/s1. The van der Waals surface area contributed by atoms with Crippen molar-refractivity contribution < 1.29 is 4.52 Å². The van der Waals surface area contributed by atoms with E-state index in [1.165, 1.54) is 12.8 Å². The van der Waals surface area contributed by atoms with E-state index < -0.39 is 0 Å². The van der Waals surface area contributed by atoms with Crippen molar-refractivity contribution in [1.82, 2.24) is 29.8 Å². The molecule has 0 bridgehead atoms. The zero-order valence-electron chi connectivity index (χ0n) is 12.9. The van der Waals surface area contributed by atoms with E-state index >= 15 is 0 Å². The first-order valence-corrected chi connectivity index (χ1v) is 7.50. The van der Waals surface area contributed by atoms with Crippen molar-refractivity contribution in [3.05, 3.63) is 23.4 Å². The Hall–Kier alpha value is -1.76. The van der Waals surface area contributed by atoms with Crippen molar-refractivity contribution in [3.8, 4) is 0 Å². The van der Waals surface area contributed by atoms with Gasteiger partial charge in [0.05, 0.1) is 6.54 Å². The van der Waals surface area contributed by atoms with Crippen LogP contribution >= 0.6 is 0 Å². The first-order chi connectivity index (χ1) is 10.1. The molecule has 7 heteroatoms. The maximum absolute atomic E-state index is 5.21. The van der Waals surface area contributed by atoms with Crippen LogP contribution in [0.2, 0.25) is 0 Å². The lowest BCUT2D eigenvalue weighted by molar-refractivity contribution is 0.138. The van der Waals surface area contributed by atoms with Gasteiger partial charge in [0.1, 0.15) is 11.6 Å². The fourth-order valence-corrected chi connectivity index (χ4v) is 3.02. The molecule has 1 saturated heterocycles. The highest BCUT2D eigenvalue weighted by molar-refractivity contribution is 4.89. The third kappa shape index (κ3) is 3.47. The van der Waals surface area contributed by atoms with Gasteiger partial charge in [-0.05, 0) is 46.1 Å². The first kappa shape index (κ1) is 14.2. The van der Waals surface area contributed by atoms with Crippen molar-refractivity contribution >= 4 is 0 Å². The summed E-state index contributed by atoms with van der Waals surface area (Å²) < 4.78 is 7.24. The average molecular weight is 290 g/mol. The summed E-state index contributed by atoms with van der Waals surface area (Å²) in [6, 6.07) is 0. The van der Waals surface area contributed by atoms with Crippen molar-refractivity contribution in [2.24, 2.45) is 5.92 Å². The molecule has 2 aromatic rings. The lowest BCUT2D eigenvalue weighted by atomic mass is 9.98. The SMILES string of the molecule is Cc1noc(CN2CCC[C@@H](Cn3nc(C)nc3C)C2)n1. The predicted octanol–water partition coefficient (Wildman–Crippen LogP) is 1.50. The molecular formula is C14H22N6O. The van der Waals surface area contributed by atoms with Gasteiger partial charge < -0.3 is 4.52 Å². The van der Waals surface area contributed by atoms with Gasteiger partial charge in [-0.25, -0.2) is 9.67 Å². The molecule has 3 heterocycles. The van der Waals surface area contributed by atoms with Crippen molar-refractivity contribution in [2.75, 3.05) is 13.1 Å². The lowest BCUT2D eigenvalue weighted by Gasteiger charge is -2.31. The highest BCUT2D eigenvalue weighted by Crippen LogP contribution is 2.20. The van der Waals surface area contributed by atoms with Crippen LogP contribution in [0.15, 0.2) is 4.52 Å². The van der Waals surface area contributed by atoms with E-state index in [2.05, 4.69) is 25.1 Å². The molecule has 1 aliphatic rings. The number of piperidine rings is 1. The van der Waals surface area contributed by atoms with Crippen molar-refractivity contribution in [3.63, 3.8) is 0 Å². The second-order valence-corrected chi connectivity index (χ2v) is 5.87. The van der Waals surface area contributed by atoms with Crippen molar-refractivity contribution in [1.29, 1.82) is 0 Å². The molecule has 0 N–H and O–H groups in total. The third-order valence-electron chi connectivity index (χ3n) is 3.93. The minimum atomic E-state index is 0.600. The Morgan fingerprint density at radius 2 is 2.05 bits per heavy atom. The maximum atomic E-state index is 5.21. The van der Waals surface area contributed by atoms with Crippen LogP contribution in [0.25, 0.3) is 0 Å². The van der Waals surface area contributed by atoms with Gasteiger partial charge in [-0.2, -0.15) is 10.1 Å². The summed E-state index contributed by atoms with van der Waals surface area (Å²) >= 11 is 0. The normalized spacial score (nSPS) is 20.0. The number of nitrogens with zero attached hydrogens (tertiary/aromatic N) is 6. The highest BCUT2D eigenvalue weighted by atomic mass is 16.5. The average Bonchev–Trinajstić information content (AvgIpc) is 2.96. The molecule has 0 aliphatic carbocycles. The molecule has 0 saturated carbocycles. The van der Waals surface area contributed by atoms with Gasteiger partial charge in [-0.1, -0.05) is 5.16 Å². The quantitative estimate of drug-likeness (QED) is 0.849. The Morgan fingerprint density at radius 3 is 2.71 bits per heavy atom. The van der Waals surface area contributed by atoms with Crippen LogP contribution in [0.5, 0.6) is 0 Å². The van der Waals surface area contributed by atoms with Crippen molar-refractivity contribution in [2.45, 2.75) is 46.7 Å². The van der Waals surface area contributed by atoms with Gasteiger partial charge in [0.2, 0.25) is 5.89 Å². The van der Waals surface area contributed by atoms with Crippen LogP contribution in [0.1, 0.15) is 36.2 Å². The minimum Gasteiger partial charge on any atom is -0.338 e. The van der Waals surface area contributed by atoms with Crippen LogP contribution in [0.4, 0.5) is 0 Å². The molecule has 0 aromatic carbocycles. The molecular weight excluding hydrogens is 268 g/mol. The zero-order chi connectivity index (χ0) is 14.8. The highest BCUT2D eigenvalue weighted by Gasteiger charge is 2.22. The van der Waals surface area contributed by atoms with Gasteiger partial charge in [-0.3, -0.25) is 4.90 Å². The lowest BCUT2D eigenvalue weighted by Crippen LogP contribution is -2.37. The fraction of sp³-hybridized carbons (Fsp3) is 0.714. The number of aryl methyl sites for hydroxylation is 3. The summed E-state index contributed by atoms with van der Waals surface area (Å²) in [6.45, 7) is 9.62. The van der Waals surface area contributed by atoms with Gasteiger partial charge >= 0.3 is 0 Å². The summed E-state index contributed by atoms with van der Waals surface area (Å²) in [7, 11) is 0. The van der Waals surface area contributed by atoms with E-state index in [0.29, 0.717) is 17.6 Å². The molecule has 114 valence electrons. The molecule has 1 fully saturated rings. The molecule has 0 unspecified atom stereocenters. The number of likely N-dealkylation sites (tertiary alicyclic amines) is 1. The predicted molar refractivity (Wildman–Crippen MR) is 76.5 cm³/mol. The summed E-state index contributed by atoms with van der Waals surface area (Å²) in [4.78, 5) is 11.0. The van der Waals surface area contributed by atoms with E-state index in [1.54, 1.807) is 0 Å². The van der Waals surface area contributed by atoms with Gasteiger partial charge in [0, 0.05) is 13.1 Å².